The first-order valence-corrected chi connectivity index (χ1v) is 6.68. The normalized spacial score (nSPS) is 19.0. The lowest BCUT2D eigenvalue weighted by atomic mass is 9.81. The molecule has 1 aliphatic rings. The number of ketones is 1. The Morgan fingerprint density at radius 3 is 2.39 bits per heavy atom. The standard InChI is InChI=1S/C15H17ClO2/c16-13-7-4-12(5-8-13)6-9-14(17)15(18)10-2-1-3-11-15/h4-9,18H,1-3,10-11H2/b9-6+. The molecular weight excluding hydrogens is 248 g/mol. The number of aliphatic hydroxyl groups is 1. The summed E-state index contributed by atoms with van der Waals surface area (Å²) < 4.78 is 0. The fourth-order valence-corrected chi connectivity index (χ4v) is 2.41. The monoisotopic (exact) mass is 264 g/mol. The van der Waals surface area contributed by atoms with Gasteiger partial charge in [0.25, 0.3) is 0 Å². The Kier molecular flexibility index (Phi) is 4.20. The highest BCUT2D eigenvalue weighted by atomic mass is 35.5. The summed E-state index contributed by atoms with van der Waals surface area (Å²) in [6, 6.07) is 7.25. The Hall–Kier alpha value is -1.12. The molecule has 0 amide bonds. The molecule has 2 rings (SSSR count). The van der Waals surface area contributed by atoms with Crippen molar-refractivity contribution in [2.24, 2.45) is 0 Å². The van der Waals surface area contributed by atoms with Crippen LogP contribution in [0.15, 0.2) is 30.3 Å². The lowest BCUT2D eigenvalue weighted by Gasteiger charge is -2.29. The number of hydrogen-bond acceptors (Lipinski definition) is 2. The van der Waals surface area contributed by atoms with Crippen LogP contribution in [0.2, 0.25) is 5.02 Å². The Morgan fingerprint density at radius 1 is 1.17 bits per heavy atom. The van der Waals surface area contributed by atoms with Crippen LogP contribution in [-0.2, 0) is 4.79 Å². The minimum absolute atomic E-state index is 0.183. The van der Waals surface area contributed by atoms with Gasteiger partial charge >= 0.3 is 0 Å². The topological polar surface area (TPSA) is 37.3 Å². The van der Waals surface area contributed by atoms with Crippen LogP contribution in [0, 0.1) is 0 Å². The molecule has 0 atom stereocenters. The predicted octanol–water partition coefficient (Wildman–Crippen LogP) is 3.62. The van der Waals surface area contributed by atoms with E-state index in [1.165, 1.54) is 6.08 Å². The molecule has 1 aliphatic carbocycles. The largest absolute Gasteiger partial charge is 0.382 e. The Labute approximate surface area is 112 Å². The van der Waals surface area contributed by atoms with Gasteiger partial charge in [-0.3, -0.25) is 4.79 Å². The fraction of sp³-hybridized carbons (Fsp3) is 0.400. The van der Waals surface area contributed by atoms with E-state index in [0.29, 0.717) is 17.9 Å². The molecule has 0 unspecified atom stereocenters. The smallest absolute Gasteiger partial charge is 0.187 e. The lowest BCUT2D eigenvalue weighted by Crippen LogP contribution is -2.39. The second-order valence-electron chi connectivity index (χ2n) is 4.84. The van der Waals surface area contributed by atoms with Gasteiger partial charge in [-0.05, 0) is 36.6 Å². The highest BCUT2D eigenvalue weighted by Gasteiger charge is 2.34. The predicted molar refractivity (Wildman–Crippen MR) is 73.5 cm³/mol. The van der Waals surface area contributed by atoms with Gasteiger partial charge in [0.05, 0.1) is 0 Å². The van der Waals surface area contributed by atoms with E-state index in [0.717, 1.165) is 24.8 Å². The molecule has 1 N–H and O–H groups in total. The SMILES string of the molecule is O=C(/C=C/c1ccc(Cl)cc1)C1(O)CCCCC1. The lowest BCUT2D eigenvalue weighted by molar-refractivity contribution is -0.135. The van der Waals surface area contributed by atoms with Crippen molar-refractivity contribution in [3.8, 4) is 0 Å². The van der Waals surface area contributed by atoms with Crippen molar-refractivity contribution in [1.29, 1.82) is 0 Å². The van der Waals surface area contributed by atoms with E-state index in [-0.39, 0.29) is 5.78 Å². The maximum Gasteiger partial charge on any atom is 0.187 e. The van der Waals surface area contributed by atoms with E-state index >= 15 is 0 Å². The van der Waals surface area contributed by atoms with Gasteiger partial charge in [0.1, 0.15) is 5.60 Å². The molecule has 1 aromatic rings. The molecule has 3 heteroatoms. The maximum atomic E-state index is 12.0. The van der Waals surface area contributed by atoms with E-state index < -0.39 is 5.60 Å². The molecule has 0 spiro atoms. The fourth-order valence-electron chi connectivity index (χ4n) is 2.28. The van der Waals surface area contributed by atoms with Gasteiger partial charge in [-0.15, -0.1) is 0 Å². The molecular formula is C15H17ClO2. The van der Waals surface area contributed by atoms with Gasteiger partial charge in [0, 0.05) is 5.02 Å². The summed E-state index contributed by atoms with van der Waals surface area (Å²) in [5, 5.41) is 10.9. The molecule has 1 saturated carbocycles. The molecule has 96 valence electrons. The van der Waals surface area contributed by atoms with Crippen LogP contribution < -0.4 is 0 Å². The van der Waals surface area contributed by atoms with E-state index in [9.17, 15) is 9.90 Å². The van der Waals surface area contributed by atoms with E-state index in [2.05, 4.69) is 0 Å². The van der Waals surface area contributed by atoms with Crippen LogP contribution in [0.1, 0.15) is 37.7 Å². The van der Waals surface area contributed by atoms with Crippen LogP contribution in [-0.4, -0.2) is 16.5 Å². The van der Waals surface area contributed by atoms with E-state index in [1.54, 1.807) is 18.2 Å². The van der Waals surface area contributed by atoms with Gasteiger partial charge in [-0.25, -0.2) is 0 Å². The van der Waals surface area contributed by atoms with Gasteiger partial charge < -0.3 is 5.11 Å². The zero-order chi connectivity index (χ0) is 13.0. The summed E-state index contributed by atoms with van der Waals surface area (Å²) in [5.74, 6) is -0.183. The second-order valence-corrected chi connectivity index (χ2v) is 5.28. The van der Waals surface area contributed by atoms with Crippen molar-refractivity contribution in [2.45, 2.75) is 37.7 Å². The minimum Gasteiger partial charge on any atom is -0.382 e. The highest BCUT2D eigenvalue weighted by Crippen LogP contribution is 2.29. The zero-order valence-electron chi connectivity index (χ0n) is 10.2. The molecule has 0 aliphatic heterocycles. The molecule has 0 saturated heterocycles. The van der Waals surface area contributed by atoms with Crippen molar-refractivity contribution < 1.29 is 9.90 Å². The molecule has 0 bridgehead atoms. The third-order valence-electron chi connectivity index (χ3n) is 3.44. The third kappa shape index (κ3) is 3.21. The third-order valence-corrected chi connectivity index (χ3v) is 3.69. The molecule has 1 fully saturated rings. The van der Waals surface area contributed by atoms with Crippen LogP contribution in [0.5, 0.6) is 0 Å². The van der Waals surface area contributed by atoms with Crippen molar-refractivity contribution in [3.05, 3.63) is 40.9 Å². The molecule has 1 aromatic carbocycles. The summed E-state index contributed by atoms with van der Waals surface area (Å²) in [6.45, 7) is 0. The average molecular weight is 265 g/mol. The summed E-state index contributed by atoms with van der Waals surface area (Å²) in [6.07, 6.45) is 7.33. The summed E-state index contributed by atoms with van der Waals surface area (Å²) >= 11 is 5.79. The first-order chi connectivity index (χ1) is 8.60. The number of benzene rings is 1. The summed E-state index contributed by atoms with van der Waals surface area (Å²) in [7, 11) is 0. The van der Waals surface area contributed by atoms with Crippen molar-refractivity contribution in [3.63, 3.8) is 0 Å². The highest BCUT2D eigenvalue weighted by molar-refractivity contribution is 6.30. The Bertz CT molecular complexity index is 442. The van der Waals surface area contributed by atoms with Crippen LogP contribution in [0.25, 0.3) is 6.08 Å². The van der Waals surface area contributed by atoms with Crippen molar-refractivity contribution >= 4 is 23.5 Å². The van der Waals surface area contributed by atoms with Crippen LogP contribution in [0.4, 0.5) is 0 Å². The number of rotatable bonds is 3. The van der Waals surface area contributed by atoms with E-state index in [1.807, 2.05) is 12.1 Å². The minimum atomic E-state index is -1.14. The first kappa shape index (κ1) is 13.3. The number of carbonyl (C=O) groups excluding carboxylic acids is 1. The summed E-state index contributed by atoms with van der Waals surface area (Å²) in [4.78, 5) is 12.0. The van der Waals surface area contributed by atoms with Gasteiger partial charge in [0.2, 0.25) is 0 Å². The van der Waals surface area contributed by atoms with Crippen LogP contribution >= 0.6 is 11.6 Å². The van der Waals surface area contributed by atoms with Crippen LogP contribution in [0.3, 0.4) is 0 Å². The number of carbonyl (C=O) groups is 1. The van der Waals surface area contributed by atoms with Crippen molar-refractivity contribution in [1.82, 2.24) is 0 Å². The quantitative estimate of drug-likeness (QED) is 0.847. The second kappa shape index (κ2) is 5.68. The molecule has 18 heavy (non-hydrogen) atoms. The maximum absolute atomic E-state index is 12.0. The first-order valence-electron chi connectivity index (χ1n) is 6.31. The van der Waals surface area contributed by atoms with Gasteiger partial charge in [0.15, 0.2) is 5.78 Å². The molecule has 2 nitrogen and oxygen atoms in total. The van der Waals surface area contributed by atoms with Gasteiger partial charge in [-0.1, -0.05) is 49.1 Å². The average Bonchev–Trinajstić information content (AvgIpc) is 2.38. The Balaban J connectivity index is 2.04. The summed E-state index contributed by atoms with van der Waals surface area (Å²) in [5.41, 5.74) is -0.228. The number of halogens is 1. The molecule has 0 radical (unpaired) electrons. The zero-order valence-corrected chi connectivity index (χ0v) is 11.0. The number of hydrogen-bond donors (Lipinski definition) is 1. The van der Waals surface area contributed by atoms with Crippen molar-refractivity contribution in [2.75, 3.05) is 0 Å². The van der Waals surface area contributed by atoms with E-state index in [4.69, 9.17) is 11.6 Å². The Morgan fingerprint density at radius 2 is 1.78 bits per heavy atom. The molecule has 0 heterocycles. The van der Waals surface area contributed by atoms with Gasteiger partial charge in [-0.2, -0.15) is 0 Å². The molecule has 0 aromatic heterocycles.